The number of aryl methyl sites for hydroxylation is 3. The third-order valence-corrected chi connectivity index (χ3v) is 4.26. The predicted octanol–water partition coefficient (Wildman–Crippen LogP) is 2.73. The van der Waals surface area contributed by atoms with Crippen LogP contribution in [0.5, 0.6) is 0 Å². The Hall–Kier alpha value is -1.93. The van der Waals surface area contributed by atoms with E-state index in [1.165, 1.54) is 11.3 Å². The van der Waals surface area contributed by atoms with Crippen LogP contribution in [0.1, 0.15) is 42.4 Å². The number of carbonyl (C=O) groups excluding carboxylic acids is 1. The first kappa shape index (κ1) is 17.4. The number of hydrogen-bond donors (Lipinski definition) is 3. The fraction of sp³-hybridized carbons (Fsp3) is 0.533. The molecule has 2 amide bonds. The van der Waals surface area contributed by atoms with Gasteiger partial charge in [-0.25, -0.2) is 4.79 Å². The van der Waals surface area contributed by atoms with Crippen molar-refractivity contribution in [3.05, 3.63) is 28.2 Å². The monoisotopic (exact) mass is 338 g/mol. The van der Waals surface area contributed by atoms with Crippen LogP contribution in [0.25, 0.3) is 0 Å². The van der Waals surface area contributed by atoms with Crippen LogP contribution < -0.4 is 10.6 Å². The van der Waals surface area contributed by atoms with E-state index >= 15 is 0 Å². The Morgan fingerprint density at radius 2 is 2.17 bits per heavy atom. The average Bonchev–Trinajstić information content (AvgIpc) is 3.04. The van der Waals surface area contributed by atoms with Gasteiger partial charge in [-0.05, 0) is 33.3 Å². The van der Waals surface area contributed by atoms with Crippen molar-refractivity contribution in [3.8, 4) is 0 Å². The van der Waals surface area contributed by atoms with Crippen LogP contribution in [0.15, 0.2) is 10.5 Å². The molecule has 0 fully saturated rings. The summed E-state index contributed by atoms with van der Waals surface area (Å²) in [6, 6.07) is 1.35. The predicted molar refractivity (Wildman–Crippen MR) is 88.7 cm³/mol. The summed E-state index contributed by atoms with van der Waals surface area (Å²) in [5, 5.41) is 25.1. The molecule has 3 N–H and O–H groups in total. The zero-order valence-electron chi connectivity index (χ0n) is 13.8. The maximum absolute atomic E-state index is 11.9. The minimum Gasteiger partial charge on any atom is -0.466 e. The van der Waals surface area contributed by atoms with Crippen LogP contribution in [-0.4, -0.2) is 27.9 Å². The molecule has 0 aromatic carbocycles. The molecule has 0 aliphatic carbocycles. The van der Waals surface area contributed by atoms with Crippen molar-refractivity contribution in [1.29, 1.82) is 0 Å². The van der Waals surface area contributed by atoms with E-state index in [0.717, 1.165) is 23.6 Å². The Labute approximate surface area is 139 Å². The number of aliphatic hydroxyl groups is 1. The van der Waals surface area contributed by atoms with E-state index < -0.39 is 11.6 Å². The van der Waals surface area contributed by atoms with Gasteiger partial charge in [0.05, 0.1) is 6.54 Å². The molecule has 0 bridgehead atoms. The second-order valence-electron chi connectivity index (χ2n) is 5.66. The van der Waals surface area contributed by atoms with E-state index in [9.17, 15) is 9.90 Å². The number of furan rings is 1. The van der Waals surface area contributed by atoms with E-state index in [0.29, 0.717) is 16.5 Å². The quantitative estimate of drug-likeness (QED) is 0.752. The number of aromatic nitrogens is 2. The van der Waals surface area contributed by atoms with Gasteiger partial charge in [-0.15, -0.1) is 10.2 Å². The number of nitrogens with zero attached hydrogens (tertiary/aromatic N) is 2. The van der Waals surface area contributed by atoms with Gasteiger partial charge in [0, 0.05) is 12.0 Å². The Balaban J connectivity index is 1.91. The van der Waals surface area contributed by atoms with E-state index in [1.54, 1.807) is 19.9 Å². The fourth-order valence-corrected chi connectivity index (χ4v) is 3.11. The number of hydrogen-bond acceptors (Lipinski definition) is 6. The van der Waals surface area contributed by atoms with Gasteiger partial charge in [-0.2, -0.15) is 0 Å². The third kappa shape index (κ3) is 4.52. The molecule has 0 spiro atoms. The Morgan fingerprint density at radius 1 is 1.43 bits per heavy atom. The van der Waals surface area contributed by atoms with Crippen molar-refractivity contribution in [1.82, 2.24) is 15.5 Å². The highest BCUT2D eigenvalue weighted by atomic mass is 32.1. The molecule has 1 atom stereocenters. The van der Waals surface area contributed by atoms with Crippen molar-refractivity contribution >= 4 is 22.5 Å². The summed E-state index contributed by atoms with van der Waals surface area (Å²) in [7, 11) is 0. The molecule has 2 rings (SSSR count). The molecule has 0 saturated carbocycles. The highest BCUT2D eigenvalue weighted by Crippen LogP contribution is 2.26. The zero-order chi connectivity index (χ0) is 17.0. The largest absolute Gasteiger partial charge is 0.466 e. The van der Waals surface area contributed by atoms with Gasteiger partial charge in [0.1, 0.15) is 22.1 Å². The zero-order valence-corrected chi connectivity index (χ0v) is 14.6. The molecule has 23 heavy (non-hydrogen) atoms. The van der Waals surface area contributed by atoms with Gasteiger partial charge in [0.25, 0.3) is 0 Å². The molecule has 126 valence electrons. The third-order valence-electron chi connectivity index (χ3n) is 3.37. The second-order valence-corrected chi connectivity index (χ2v) is 6.72. The summed E-state index contributed by atoms with van der Waals surface area (Å²) < 4.78 is 5.42. The summed E-state index contributed by atoms with van der Waals surface area (Å²) in [5.41, 5.74) is -0.551. The van der Waals surface area contributed by atoms with Gasteiger partial charge >= 0.3 is 6.03 Å². The molecular formula is C15H22N4O3S. The minimum absolute atomic E-state index is 0.0548. The lowest BCUT2D eigenvalue weighted by molar-refractivity contribution is 0.0584. The summed E-state index contributed by atoms with van der Waals surface area (Å²) in [6.07, 6.45) is 1.82. The van der Waals surface area contributed by atoms with E-state index in [4.69, 9.17) is 4.42 Å². The molecular weight excluding hydrogens is 316 g/mol. The lowest BCUT2D eigenvalue weighted by Gasteiger charge is -2.23. The molecule has 8 heteroatoms. The van der Waals surface area contributed by atoms with Crippen LogP contribution in [0.4, 0.5) is 9.93 Å². The van der Waals surface area contributed by atoms with Crippen LogP contribution in [0.3, 0.4) is 0 Å². The van der Waals surface area contributed by atoms with E-state index in [2.05, 4.69) is 27.8 Å². The Kier molecular flexibility index (Phi) is 5.38. The van der Waals surface area contributed by atoms with Crippen LogP contribution in [-0.2, 0) is 12.0 Å². The number of amides is 2. The molecule has 0 saturated heterocycles. The number of anilines is 1. The molecule has 2 aromatic rings. The molecule has 2 aromatic heterocycles. The number of nitrogens with one attached hydrogen (secondary N) is 2. The van der Waals surface area contributed by atoms with Crippen molar-refractivity contribution < 1.29 is 14.3 Å². The van der Waals surface area contributed by atoms with Gasteiger partial charge < -0.3 is 14.8 Å². The van der Waals surface area contributed by atoms with E-state index in [1.807, 2.05) is 6.92 Å². The van der Waals surface area contributed by atoms with Crippen molar-refractivity contribution in [2.75, 3.05) is 11.9 Å². The minimum atomic E-state index is -1.21. The average molecular weight is 338 g/mol. The van der Waals surface area contributed by atoms with E-state index in [-0.39, 0.29) is 6.54 Å². The lowest BCUT2D eigenvalue weighted by atomic mass is 9.96. The smallest absolute Gasteiger partial charge is 0.321 e. The summed E-state index contributed by atoms with van der Waals surface area (Å²) in [4.78, 5) is 11.9. The van der Waals surface area contributed by atoms with Crippen molar-refractivity contribution in [2.24, 2.45) is 0 Å². The topological polar surface area (TPSA) is 100 Å². The van der Waals surface area contributed by atoms with Gasteiger partial charge in [0.15, 0.2) is 0 Å². The number of rotatable bonds is 6. The highest BCUT2D eigenvalue weighted by molar-refractivity contribution is 7.15. The van der Waals surface area contributed by atoms with Crippen molar-refractivity contribution in [3.63, 3.8) is 0 Å². The summed E-state index contributed by atoms with van der Waals surface area (Å²) >= 11 is 1.35. The number of carbonyl (C=O) groups is 1. The van der Waals surface area contributed by atoms with Gasteiger partial charge in [0.2, 0.25) is 5.13 Å². The van der Waals surface area contributed by atoms with Crippen LogP contribution in [0.2, 0.25) is 0 Å². The standard InChI is InChI=1S/C15H22N4O3S/c1-5-6-12-18-19-14(23-12)17-13(20)16-8-15(4,21)11-7-9(2)22-10(11)3/h7,21H,5-6,8H2,1-4H3,(H2,16,17,19,20)/t15-/m0/s1. The summed E-state index contributed by atoms with van der Waals surface area (Å²) in [5.74, 6) is 1.36. The van der Waals surface area contributed by atoms with Gasteiger partial charge in [-0.1, -0.05) is 18.3 Å². The Bertz CT molecular complexity index is 678. The first-order chi connectivity index (χ1) is 10.8. The van der Waals surface area contributed by atoms with Gasteiger partial charge in [-0.3, -0.25) is 5.32 Å². The lowest BCUT2D eigenvalue weighted by Crippen LogP contribution is -2.40. The molecule has 0 unspecified atom stereocenters. The highest BCUT2D eigenvalue weighted by Gasteiger charge is 2.28. The van der Waals surface area contributed by atoms with Crippen LogP contribution in [0, 0.1) is 13.8 Å². The summed E-state index contributed by atoms with van der Waals surface area (Å²) in [6.45, 7) is 7.35. The Morgan fingerprint density at radius 3 is 2.78 bits per heavy atom. The first-order valence-electron chi connectivity index (χ1n) is 7.49. The molecule has 0 aliphatic rings. The molecule has 0 aliphatic heterocycles. The molecule has 2 heterocycles. The van der Waals surface area contributed by atoms with Crippen LogP contribution >= 0.6 is 11.3 Å². The normalized spacial score (nSPS) is 13.6. The second kappa shape index (κ2) is 7.10. The molecule has 0 radical (unpaired) electrons. The number of urea groups is 1. The SMILES string of the molecule is CCCc1nnc(NC(=O)NC[C@](C)(O)c2cc(C)oc2C)s1. The first-order valence-corrected chi connectivity index (χ1v) is 8.30. The fourth-order valence-electron chi connectivity index (χ4n) is 2.27. The van der Waals surface area contributed by atoms with Crippen molar-refractivity contribution in [2.45, 2.75) is 46.1 Å². The maximum Gasteiger partial charge on any atom is 0.321 e. The molecule has 7 nitrogen and oxygen atoms in total. The maximum atomic E-state index is 11.9.